The maximum absolute atomic E-state index is 13.3. The van der Waals surface area contributed by atoms with Gasteiger partial charge < -0.3 is 5.11 Å². The Morgan fingerprint density at radius 2 is 2.16 bits per heavy atom. The molecule has 0 saturated carbocycles. The third kappa shape index (κ3) is 1.89. The Bertz CT molecular complexity index is 559. The molecule has 0 bridgehead atoms. The molecule has 0 fully saturated rings. The zero-order chi connectivity index (χ0) is 14.4. The maximum Gasteiger partial charge on any atom is 0.323 e. The van der Waals surface area contributed by atoms with Crippen LogP contribution in [0.15, 0.2) is 22.7 Å². The number of carbonyl (C=O) groups is 2. The number of halogens is 3. The van der Waals surface area contributed by atoms with Crippen molar-refractivity contribution in [3.63, 3.8) is 0 Å². The highest BCUT2D eigenvalue weighted by molar-refractivity contribution is 9.10. The van der Waals surface area contributed by atoms with E-state index in [1.54, 1.807) is 12.1 Å². The van der Waals surface area contributed by atoms with E-state index in [2.05, 4.69) is 15.9 Å². The average Bonchev–Trinajstić information content (AvgIpc) is 2.27. The van der Waals surface area contributed by atoms with Gasteiger partial charge in [0.2, 0.25) is 0 Å². The van der Waals surface area contributed by atoms with Crippen LogP contribution in [0.4, 0.5) is 8.78 Å². The standard InChI is InChI=1S/C13H11BrF2O3/c1-6-4-7-5-8(14)2-3-9(7)10(17)13(6,11(15)16)12(18)19/h2-3,5-6,11H,4H2,1H3,(H,18,19). The van der Waals surface area contributed by atoms with Gasteiger partial charge in [0, 0.05) is 10.0 Å². The number of benzene rings is 1. The Kier molecular flexibility index (Phi) is 3.47. The first-order chi connectivity index (χ1) is 8.81. The van der Waals surface area contributed by atoms with Gasteiger partial charge in [-0.15, -0.1) is 0 Å². The Morgan fingerprint density at radius 1 is 1.53 bits per heavy atom. The zero-order valence-corrected chi connectivity index (χ0v) is 11.6. The first kappa shape index (κ1) is 14.1. The lowest BCUT2D eigenvalue weighted by molar-refractivity contribution is -0.158. The van der Waals surface area contributed by atoms with Gasteiger partial charge in [-0.1, -0.05) is 22.9 Å². The van der Waals surface area contributed by atoms with E-state index < -0.39 is 29.5 Å². The highest BCUT2D eigenvalue weighted by Gasteiger charge is 2.60. The van der Waals surface area contributed by atoms with Gasteiger partial charge in [0.15, 0.2) is 11.2 Å². The van der Waals surface area contributed by atoms with E-state index in [0.29, 0.717) is 5.56 Å². The Balaban J connectivity index is 2.65. The number of carboxylic acids is 1. The molecule has 1 aliphatic rings. The molecule has 1 aliphatic carbocycles. The second-order valence-electron chi connectivity index (χ2n) is 4.71. The summed E-state index contributed by atoms with van der Waals surface area (Å²) in [5.41, 5.74) is -1.96. The van der Waals surface area contributed by atoms with Crippen molar-refractivity contribution in [2.75, 3.05) is 0 Å². The number of carbonyl (C=O) groups excluding carboxylic acids is 1. The molecule has 0 amide bonds. The van der Waals surface area contributed by atoms with Gasteiger partial charge in [-0.3, -0.25) is 9.59 Å². The predicted molar refractivity (Wildman–Crippen MR) is 67.4 cm³/mol. The Morgan fingerprint density at radius 3 is 2.68 bits per heavy atom. The molecule has 1 aromatic rings. The number of hydrogen-bond donors (Lipinski definition) is 1. The van der Waals surface area contributed by atoms with Gasteiger partial charge in [0.1, 0.15) is 0 Å². The molecule has 0 heterocycles. The van der Waals surface area contributed by atoms with E-state index in [9.17, 15) is 23.5 Å². The number of Topliss-reactive ketones (excluding diaryl/α,β-unsaturated/α-hetero) is 1. The quantitative estimate of drug-likeness (QED) is 0.846. The normalized spacial score (nSPS) is 26.4. The maximum atomic E-state index is 13.3. The number of fused-ring (bicyclic) bond motifs is 1. The van der Waals surface area contributed by atoms with Crippen LogP contribution >= 0.6 is 15.9 Å². The summed E-state index contributed by atoms with van der Waals surface area (Å²) >= 11 is 3.24. The molecule has 0 aromatic heterocycles. The smallest absolute Gasteiger partial charge is 0.323 e. The molecule has 19 heavy (non-hydrogen) atoms. The van der Waals surface area contributed by atoms with E-state index in [1.165, 1.54) is 13.0 Å². The van der Waals surface area contributed by atoms with Crippen molar-refractivity contribution in [2.24, 2.45) is 11.3 Å². The van der Waals surface area contributed by atoms with Crippen LogP contribution in [0.5, 0.6) is 0 Å². The summed E-state index contributed by atoms with van der Waals surface area (Å²) in [7, 11) is 0. The molecule has 1 N–H and O–H groups in total. The number of alkyl halides is 2. The van der Waals surface area contributed by atoms with Crippen LogP contribution in [-0.2, 0) is 11.2 Å². The van der Waals surface area contributed by atoms with E-state index >= 15 is 0 Å². The molecule has 6 heteroatoms. The van der Waals surface area contributed by atoms with Crippen LogP contribution in [-0.4, -0.2) is 23.3 Å². The first-order valence-electron chi connectivity index (χ1n) is 5.66. The lowest BCUT2D eigenvalue weighted by Crippen LogP contribution is -2.53. The predicted octanol–water partition coefficient (Wildman–Crippen LogP) is 3.16. The monoisotopic (exact) mass is 332 g/mol. The molecule has 2 atom stereocenters. The molecule has 2 rings (SSSR count). The van der Waals surface area contributed by atoms with E-state index in [4.69, 9.17) is 0 Å². The van der Waals surface area contributed by atoms with Crippen molar-refractivity contribution in [1.29, 1.82) is 0 Å². The molecular formula is C13H11BrF2O3. The lowest BCUT2D eigenvalue weighted by atomic mass is 9.64. The summed E-state index contributed by atoms with van der Waals surface area (Å²) in [5, 5.41) is 9.17. The van der Waals surface area contributed by atoms with Gasteiger partial charge in [-0.2, -0.15) is 0 Å². The molecule has 1 aromatic carbocycles. The summed E-state index contributed by atoms with van der Waals surface area (Å²) in [6.07, 6.45) is -3.10. The highest BCUT2D eigenvalue weighted by Crippen LogP contribution is 2.45. The SMILES string of the molecule is CC1Cc2cc(Br)ccc2C(=O)C1(C(=O)O)C(F)F. The van der Waals surface area contributed by atoms with Crippen molar-refractivity contribution < 1.29 is 23.5 Å². The number of ketones is 1. The van der Waals surface area contributed by atoms with Crippen LogP contribution < -0.4 is 0 Å². The summed E-state index contributed by atoms with van der Waals surface area (Å²) in [6, 6.07) is 4.61. The van der Waals surface area contributed by atoms with Gasteiger partial charge in [-0.25, -0.2) is 8.78 Å². The van der Waals surface area contributed by atoms with E-state index in [1.807, 2.05) is 0 Å². The van der Waals surface area contributed by atoms with Crippen LogP contribution in [0.1, 0.15) is 22.8 Å². The van der Waals surface area contributed by atoms with E-state index in [-0.39, 0.29) is 12.0 Å². The Labute approximate surface area is 116 Å². The van der Waals surface area contributed by atoms with Crippen LogP contribution in [0, 0.1) is 11.3 Å². The van der Waals surface area contributed by atoms with Crippen molar-refractivity contribution >= 4 is 27.7 Å². The molecular weight excluding hydrogens is 322 g/mol. The fourth-order valence-corrected chi connectivity index (χ4v) is 3.01. The number of rotatable bonds is 2. The molecule has 0 saturated heterocycles. The minimum absolute atomic E-state index is 0.0731. The van der Waals surface area contributed by atoms with Crippen LogP contribution in [0.2, 0.25) is 0 Å². The number of aliphatic carboxylic acids is 1. The van der Waals surface area contributed by atoms with Gasteiger partial charge in [0.05, 0.1) is 0 Å². The average molecular weight is 333 g/mol. The van der Waals surface area contributed by atoms with Gasteiger partial charge in [-0.05, 0) is 36.1 Å². The number of hydrogen-bond acceptors (Lipinski definition) is 2. The van der Waals surface area contributed by atoms with E-state index in [0.717, 1.165) is 4.47 Å². The van der Waals surface area contributed by atoms with Crippen molar-refractivity contribution in [3.05, 3.63) is 33.8 Å². The topological polar surface area (TPSA) is 54.4 Å². The third-order valence-corrected chi connectivity index (χ3v) is 4.18. The number of carboxylic acid groups (broad SMARTS) is 1. The third-order valence-electron chi connectivity index (χ3n) is 3.69. The van der Waals surface area contributed by atoms with Crippen LogP contribution in [0.25, 0.3) is 0 Å². The fourth-order valence-electron chi connectivity index (χ4n) is 2.61. The molecule has 3 nitrogen and oxygen atoms in total. The summed E-state index contributed by atoms with van der Waals surface area (Å²) < 4.78 is 27.3. The molecule has 102 valence electrons. The summed E-state index contributed by atoms with van der Waals surface area (Å²) in [5.74, 6) is -3.72. The zero-order valence-electron chi connectivity index (χ0n) is 9.99. The highest BCUT2D eigenvalue weighted by atomic mass is 79.9. The van der Waals surface area contributed by atoms with Crippen LogP contribution in [0.3, 0.4) is 0 Å². The first-order valence-corrected chi connectivity index (χ1v) is 6.45. The van der Waals surface area contributed by atoms with Crippen molar-refractivity contribution in [1.82, 2.24) is 0 Å². The summed E-state index contributed by atoms with van der Waals surface area (Å²) in [6.45, 7) is 1.38. The fraction of sp³-hybridized carbons (Fsp3) is 0.385. The Hall–Kier alpha value is -1.30. The summed E-state index contributed by atoms with van der Waals surface area (Å²) in [4.78, 5) is 23.6. The minimum Gasteiger partial charge on any atom is -0.480 e. The van der Waals surface area contributed by atoms with Gasteiger partial charge >= 0.3 is 5.97 Å². The molecule has 2 unspecified atom stereocenters. The molecule has 0 spiro atoms. The second-order valence-corrected chi connectivity index (χ2v) is 5.63. The molecule has 0 radical (unpaired) electrons. The largest absolute Gasteiger partial charge is 0.480 e. The molecule has 0 aliphatic heterocycles. The lowest BCUT2D eigenvalue weighted by Gasteiger charge is -2.37. The van der Waals surface area contributed by atoms with Gasteiger partial charge in [0.25, 0.3) is 6.43 Å². The minimum atomic E-state index is -3.23. The van der Waals surface area contributed by atoms with Crippen molar-refractivity contribution in [3.8, 4) is 0 Å². The van der Waals surface area contributed by atoms with Crippen molar-refractivity contribution in [2.45, 2.75) is 19.8 Å². The second kappa shape index (κ2) is 4.67.